The molecule has 0 saturated carbocycles. The van der Waals surface area contributed by atoms with E-state index in [0.29, 0.717) is 18.1 Å². The van der Waals surface area contributed by atoms with Crippen LogP contribution in [0.25, 0.3) is 0 Å². The van der Waals surface area contributed by atoms with Crippen molar-refractivity contribution in [1.82, 2.24) is 4.90 Å². The van der Waals surface area contributed by atoms with Gasteiger partial charge in [0, 0.05) is 29.4 Å². The monoisotopic (exact) mass is 417 g/mol. The van der Waals surface area contributed by atoms with Gasteiger partial charge in [0.05, 0.1) is 16.5 Å². The molecule has 1 aliphatic heterocycles. The van der Waals surface area contributed by atoms with Gasteiger partial charge in [-0.3, -0.25) is 9.59 Å². The average Bonchev–Trinajstić information content (AvgIpc) is 3.03. The van der Waals surface area contributed by atoms with Crippen LogP contribution in [0.5, 0.6) is 5.75 Å². The number of carbonyl (C=O) groups is 2. The van der Waals surface area contributed by atoms with Crippen molar-refractivity contribution in [3.05, 3.63) is 49.1 Å². The number of hydrogen-bond acceptors (Lipinski definition) is 4. The molecule has 0 N–H and O–H groups in total. The topological polar surface area (TPSA) is 46.6 Å². The van der Waals surface area contributed by atoms with Crippen LogP contribution in [0.15, 0.2) is 23.6 Å². The highest BCUT2D eigenvalue weighted by Gasteiger charge is 2.22. The molecule has 4 nitrogen and oxygen atoms in total. The lowest BCUT2D eigenvalue weighted by molar-refractivity contribution is -0.139. The van der Waals surface area contributed by atoms with Gasteiger partial charge in [-0.1, -0.05) is 34.8 Å². The number of thiophene rings is 1. The summed E-state index contributed by atoms with van der Waals surface area (Å²) < 4.78 is 5.18. The summed E-state index contributed by atoms with van der Waals surface area (Å²) in [6, 6.07) is 4.92. The zero-order chi connectivity index (χ0) is 18.0. The number of ether oxygens (including phenoxy) is 1. The van der Waals surface area contributed by atoms with Crippen molar-refractivity contribution in [2.75, 3.05) is 6.54 Å². The summed E-state index contributed by atoms with van der Waals surface area (Å²) in [5.41, 5.74) is 1.19. The molecule has 1 aromatic carbocycles. The fraction of sp³-hybridized carbons (Fsp3) is 0.294. The average molecular weight is 419 g/mol. The van der Waals surface area contributed by atoms with Crippen LogP contribution in [-0.2, 0) is 22.6 Å². The van der Waals surface area contributed by atoms with Gasteiger partial charge < -0.3 is 9.64 Å². The van der Waals surface area contributed by atoms with Crippen LogP contribution in [-0.4, -0.2) is 23.3 Å². The highest BCUT2D eigenvalue weighted by Crippen LogP contribution is 2.36. The van der Waals surface area contributed by atoms with Gasteiger partial charge in [-0.2, -0.15) is 0 Å². The standard InChI is InChI=1S/C17H14Cl3NO3S/c18-11-7-12(19)17(13(20)8-11)24-16(23)2-1-15(22)21-5-3-14-10(9-21)4-6-25-14/h4,6-8H,1-3,5,9H2. The maximum atomic E-state index is 12.3. The molecule has 0 unspecified atom stereocenters. The van der Waals surface area contributed by atoms with Crippen LogP contribution in [0, 0.1) is 0 Å². The molecule has 132 valence electrons. The second-order valence-electron chi connectivity index (χ2n) is 5.61. The van der Waals surface area contributed by atoms with Gasteiger partial charge in [-0.25, -0.2) is 0 Å². The predicted octanol–water partition coefficient (Wildman–Crippen LogP) is 4.98. The Kier molecular flexibility index (Phi) is 5.89. The maximum absolute atomic E-state index is 12.3. The third-order valence-corrected chi connectivity index (χ3v) is 5.69. The lowest BCUT2D eigenvalue weighted by Gasteiger charge is -2.27. The second kappa shape index (κ2) is 7.96. The van der Waals surface area contributed by atoms with Crippen LogP contribution < -0.4 is 4.74 Å². The molecule has 0 spiro atoms. The molecule has 0 aliphatic carbocycles. The van der Waals surface area contributed by atoms with E-state index in [0.717, 1.165) is 6.42 Å². The molecule has 0 atom stereocenters. The van der Waals surface area contributed by atoms with Gasteiger partial charge >= 0.3 is 5.97 Å². The molecular weight excluding hydrogens is 405 g/mol. The van der Waals surface area contributed by atoms with Crippen molar-refractivity contribution in [3.8, 4) is 5.75 Å². The molecule has 0 bridgehead atoms. The number of fused-ring (bicyclic) bond motifs is 1. The minimum Gasteiger partial charge on any atom is -0.423 e. The lowest BCUT2D eigenvalue weighted by atomic mass is 10.1. The summed E-state index contributed by atoms with van der Waals surface area (Å²) in [6.07, 6.45) is 0.904. The van der Waals surface area contributed by atoms with Gasteiger partial charge in [0.2, 0.25) is 5.91 Å². The molecule has 8 heteroatoms. The van der Waals surface area contributed by atoms with Crippen LogP contribution >= 0.6 is 46.1 Å². The van der Waals surface area contributed by atoms with Crippen molar-refractivity contribution < 1.29 is 14.3 Å². The van der Waals surface area contributed by atoms with Crippen molar-refractivity contribution in [1.29, 1.82) is 0 Å². The molecule has 1 aromatic heterocycles. The van der Waals surface area contributed by atoms with Crippen molar-refractivity contribution in [2.24, 2.45) is 0 Å². The second-order valence-corrected chi connectivity index (χ2v) is 7.86. The SMILES string of the molecule is O=C(CCC(=O)N1CCc2sccc2C1)Oc1c(Cl)cc(Cl)cc1Cl. The molecule has 0 fully saturated rings. The summed E-state index contributed by atoms with van der Waals surface area (Å²) in [4.78, 5) is 27.4. The molecular formula is C17H14Cl3NO3S. The van der Waals surface area contributed by atoms with E-state index in [1.807, 2.05) is 11.4 Å². The summed E-state index contributed by atoms with van der Waals surface area (Å²) in [6.45, 7) is 1.28. The smallest absolute Gasteiger partial charge is 0.311 e. The minimum atomic E-state index is -0.562. The normalized spacial score (nSPS) is 13.5. The Morgan fingerprint density at radius 1 is 1.16 bits per heavy atom. The van der Waals surface area contributed by atoms with Gasteiger partial charge in [0.15, 0.2) is 5.75 Å². The third kappa shape index (κ3) is 4.47. The maximum Gasteiger partial charge on any atom is 0.311 e. The fourth-order valence-corrected chi connectivity index (χ4v) is 4.40. The van der Waals surface area contributed by atoms with Gasteiger partial charge in [-0.05, 0) is 35.6 Å². The first-order valence-corrected chi connectivity index (χ1v) is 9.63. The molecule has 25 heavy (non-hydrogen) atoms. The highest BCUT2D eigenvalue weighted by atomic mass is 35.5. The van der Waals surface area contributed by atoms with Gasteiger partial charge in [-0.15, -0.1) is 11.3 Å². The first-order valence-electron chi connectivity index (χ1n) is 7.62. The van der Waals surface area contributed by atoms with Gasteiger partial charge in [0.25, 0.3) is 0 Å². The Bertz CT molecular complexity index is 798. The Balaban J connectivity index is 1.54. The summed E-state index contributed by atoms with van der Waals surface area (Å²) in [7, 11) is 0. The molecule has 1 aliphatic rings. The Labute approximate surface area is 164 Å². The molecule has 3 rings (SSSR count). The largest absolute Gasteiger partial charge is 0.423 e. The van der Waals surface area contributed by atoms with E-state index < -0.39 is 5.97 Å². The third-order valence-electron chi connectivity index (χ3n) is 3.88. The van der Waals surface area contributed by atoms with E-state index in [4.69, 9.17) is 39.5 Å². The van der Waals surface area contributed by atoms with E-state index >= 15 is 0 Å². The van der Waals surface area contributed by atoms with Crippen molar-refractivity contribution >= 4 is 58.0 Å². The highest BCUT2D eigenvalue weighted by molar-refractivity contribution is 7.10. The van der Waals surface area contributed by atoms with Crippen LogP contribution in [0.1, 0.15) is 23.3 Å². The van der Waals surface area contributed by atoms with E-state index in [9.17, 15) is 9.59 Å². The molecule has 0 saturated heterocycles. The van der Waals surface area contributed by atoms with Gasteiger partial charge in [0.1, 0.15) is 0 Å². The van der Waals surface area contributed by atoms with Crippen molar-refractivity contribution in [2.45, 2.75) is 25.8 Å². The number of carbonyl (C=O) groups excluding carboxylic acids is 2. The van der Waals surface area contributed by atoms with E-state index in [-0.39, 0.29) is 34.5 Å². The zero-order valence-corrected chi connectivity index (χ0v) is 16.1. The number of amides is 1. The summed E-state index contributed by atoms with van der Waals surface area (Å²) in [5, 5.41) is 2.69. The Morgan fingerprint density at radius 2 is 1.88 bits per heavy atom. The zero-order valence-electron chi connectivity index (χ0n) is 13.1. The summed E-state index contributed by atoms with van der Waals surface area (Å²) in [5.74, 6) is -0.569. The van der Waals surface area contributed by atoms with E-state index in [2.05, 4.69) is 0 Å². The van der Waals surface area contributed by atoms with E-state index in [1.54, 1.807) is 16.2 Å². The first-order chi connectivity index (χ1) is 11.9. The molecule has 1 amide bonds. The summed E-state index contributed by atoms with van der Waals surface area (Å²) >= 11 is 19.5. The number of halogens is 3. The Morgan fingerprint density at radius 3 is 2.60 bits per heavy atom. The number of benzene rings is 1. The van der Waals surface area contributed by atoms with E-state index in [1.165, 1.54) is 22.6 Å². The molecule has 2 heterocycles. The quantitative estimate of drug-likeness (QED) is 0.520. The number of nitrogens with zero attached hydrogens (tertiary/aromatic N) is 1. The number of hydrogen-bond donors (Lipinski definition) is 0. The lowest BCUT2D eigenvalue weighted by Crippen LogP contribution is -2.35. The molecule has 0 radical (unpaired) electrons. The number of rotatable bonds is 4. The Hall–Kier alpha value is -1.27. The fourth-order valence-electron chi connectivity index (χ4n) is 2.62. The van der Waals surface area contributed by atoms with Crippen LogP contribution in [0.3, 0.4) is 0 Å². The number of esters is 1. The van der Waals surface area contributed by atoms with Crippen LogP contribution in [0.4, 0.5) is 0 Å². The van der Waals surface area contributed by atoms with Crippen LogP contribution in [0.2, 0.25) is 15.1 Å². The minimum absolute atomic E-state index is 0.0406. The predicted molar refractivity (Wildman–Crippen MR) is 99.8 cm³/mol. The molecule has 2 aromatic rings. The van der Waals surface area contributed by atoms with Crippen molar-refractivity contribution in [3.63, 3.8) is 0 Å². The first kappa shape index (κ1) is 18.5.